The van der Waals surface area contributed by atoms with E-state index in [1.807, 2.05) is 30.0 Å². The number of benzene rings is 2. The van der Waals surface area contributed by atoms with Crippen molar-refractivity contribution >= 4 is 17.8 Å². The van der Waals surface area contributed by atoms with E-state index >= 15 is 0 Å². The number of hydrogen-bond acceptors (Lipinski definition) is 6. The van der Waals surface area contributed by atoms with Crippen molar-refractivity contribution in [2.75, 3.05) is 26.8 Å². The lowest BCUT2D eigenvalue weighted by molar-refractivity contribution is -0.133. The molecule has 8 nitrogen and oxygen atoms in total. The molecule has 0 saturated carbocycles. The van der Waals surface area contributed by atoms with E-state index in [1.165, 1.54) is 6.92 Å². The molecule has 1 aliphatic heterocycles. The fourth-order valence-electron chi connectivity index (χ4n) is 3.96. The summed E-state index contributed by atoms with van der Waals surface area (Å²) in [5.41, 5.74) is 1.45. The summed E-state index contributed by atoms with van der Waals surface area (Å²) in [5.74, 6) is 1.15. The summed E-state index contributed by atoms with van der Waals surface area (Å²) in [6.45, 7) is 5.00. The summed E-state index contributed by atoms with van der Waals surface area (Å²) >= 11 is 0. The maximum Gasteiger partial charge on any atom is 0.308 e. The molecule has 2 aromatic carbocycles. The summed E-state index contributed by atoms with van der Waals surface area (Å²) in [6, 6.07) is 12.3. The number of amides is 2. The van der Waals surface area contributed by atoms with Crippen LogP contribution in [0.1, 0.15) is 49.0 Å². The topological polar surface area (TPSA) is 94.2 Å². The van der Waals surface area contributed by atoms with Gasteiger partial charge in [0.1, 0.15) is 5.75 Å². The Morgan fingerprint density at radius 3 is 2.50 bits per heavy atom. The van der Waals surface area contributed by atoms with Crippen LogP contribution < -0.4 is 19.5 Å². The van der Waals surface area contributed by atoms with Gasteiger partial charge in [0.25, 0.3) is 5.91 Å². The molecule has 2 aromatic rings. The molecule has 0 atom stereocenters. The van der Waals surface area contributed by atoms with Gasteiger partial charge in [-0.2, -0.15) is 0 Å². The number of ether oxygens (including phenoxy) is 3. The molecule has 3 rings (SSSR count). The smallest absolute Gasteiger partial charge is 0.308 e. The van der Waals surface area contributed by atoms with Gasteiger partial charge in [0, 0.05) is 38.0 Å². The molecule has 0 radical (unpaired) electrons. The molecule has 34 heavy (non-hydrogen) atoms. The maximum absolute atomic E-state index is 12.7. The Labute approximate surface area is 200 Å². The van der Waals surface area contributed by atoms with Gasteiger partial charge in [-0.3, -0.25) is 14.4 Å². The number of nitrogens with zero attached hydrogens (tertiary/aromatic N) is 1. The molecule has 0 spiro atoms. The molecule has 182 valence electrons. The Kier molecular flexibility index (Phi) is 8.90. The zero-order valence-corrected chi connectivity index (χ0v) is 20.0. The second-order valence-corrected chi connectivity index (χ2v) is 8.17. The predicted molar refractivity (Wildman–Crippen MR) is 127 cm³/mol. The molecule has 0 unspecified atom stereocenters. The second-order valence-electron chi connectivity index (χ2n) is 8.17. The molecule has 1 N–H and O–H groups in total. The molecule has 1 aliphatic rings. The first-order valence-corrected chi connectivity index (χ1v) is 11.6. The highest BCUT2D eigenvalue weighted by Crippen LogP contribution is 2.28. The number of likely N-dealkylation sites (tertiary alicyclic amines) is 1. The van der Waals surface area contributed by atoms with Crippen LogP contribution in [0.2, 0.25) is 0 Å². The molecular weight excluding hydrogens is 436 g/mol. The lowest BCUT2D eigenvalue weighted by atomic mass is 10.0. The van der Waals surface area contributed by atoms with E-state index in [2.05, 4.69) is 5.32 Å². The third-order valence-corrected chi connectivity index (χ3v) is 5.70. The fourth-order valence-corrected chi connectivity index (χ4v) is 3.96. The highest BCUT2D eigenvalue weighted by Gasteiger charge is 2.24. The van der Waals surface area contributed by atoms with Crippen molar-refractivity contribution in [1.29, 1.82) is 0 Å². The number of esters is 1. The van der Waals surface area contributed by atoms with E-state index in [-0.39, 0.29) is 17.9 Å². The summed E-state index contributed by atoms with van der Waals surface area (Å²) < 4.78 is 16.0. The third kappa shape index (κ3) is 6.97. The average molecular weight is 469 g/mol. The summed E-state index contributed by atoms with van der Waals surface area (Å²) in [5, 5.41) is 3.02. The number of nitrogens with one attached hydrogen (secondary N) is 1. The van der Waals surface area contributed by atoms with Crippen LogP contribution in [0.25, 0.3) is 0 Å². The van der Waals surface area contributed by atoms with Gasteiger partial charge in [-0.25, -0.2) is 0 Å². The molecular formula is C26H32N2O6. The zero-order chi connectivity index (χ0) is 24.5. The Bertz CT molecular complexity index is 1010. The molecule has 0 aliphatic carbocycles. The third-order valence-electron chi connectivity index (χ3n) is 5.70. The van der Waals surface area contributed by atoms with Gasteiger partial charge < -0.3 is 24.4 Å². The van der Waals surface area contributed by atoms with E-state index in [1.54, 1.807) is 31.4 Å². The zero-order valence-electron chi connectivity index (χ0n) is 20.0. The van der Waals surface area contributed by atoms with Crippen LogP contribution in [0.5, 0.6) is 17.2 Å². The van der Waals surface area contributed by atoms with Crippen LogP contribution >= 0.6 is 0 Å². The summed E-state index contributed by atoms with van der Waals surface area (Å²) in [6.07, 6.45) is 2.42. The molecule has 0 bridgehead atoms. The minimum Gasteiger partial charge on any atom is -0.493 e. The van der Waals surface area contributed by atoms with Crippen molar-refractivity contribution in [3.05, 3.63) is 53.6 Å². The normalized spacial score (nSPS) is 13.8. The first-order valence-electron chi connectivity index (χ1n) is 11.6. The van der Waals surface area contributed by atoms with Crippen molar-refractivity contribution in [1.82, 2.24) is 10.2 Å². The Balaban J connectivity index is 1.46. The van der Waals surface area contributed by atoms with Crippen LogP contribution in [-0.4, -0.2) is 55.5 Å². The number of carbonyl (C=O) groups excluding carboxylic acids is 3. The number of aryl methyl sites for hydroxylation is 1. The number of hydrogen-bond donors (Lipinski definition) is 1. The van der Waals surface area contributed by atoms with E-state index in [4.69, 9.17) is 14.2 Å². The first-order chi connectivity index (χ1) is 16.4. The monoisotopic (exact) mass is 468 g/mol. The van der Waals surface area contributed by atoms with Gasteiger partial charge in [-0.05, 0) is 62.1 Å². The van der Waals surface area contributed by atoms with Crippen LogP contribution in [0.15, 0.2) is 42.5 Å². The van der Waals surface area contributed by atoms with Crippen LogP contribution in [0.3, 0.4) is 0 Å². The van der Waals surface area contributed by atoms with Gasteiger partial charge in [-0.15, -0.1) is 0 Å². The van der Waals surface area contributed by atoms with Gasteiger partial charge >= 0.3 is 5.97 Å². The maximum atomic E-state index is 12.7. The van der Waals surface area contributed by atoms with Crippen molar-refractivity contribution in [3.8, 4) is 17.2 Å². The fraction of sp³-hybridized carbons (Fsp3) is 0.423. The summed E-state index contributed by atoms with van der Waals surface area (Å²) in [4.78, 5) is 38.3. The molecule has 2 amide bonds. The van der Waals surface area contributed by atoms with Gasteiger partial charge in [0.2, 0.25) is 5.91 Å². The van der Waals surface area contributed by atoms with Crippen molar-refractivity contribution in [3.63, 3.8) is 0 Å². The lowest BCUT2D eigenvalue weighted by Crippen LogP contribution is -2.46. The van der Waals surface area contributed by atoms with Crippen LogP contribution in [0.4, 0.5) is 0 Å². The van der Waals surface area contributed by atoms with Crippen molar-refractivity contribution < 1.29 is 28.6 Å². The molecule has 1 heterocycles. The largest absolute Gasteiger partial charge is 0.493 e. The number of methoxy groups -OCH3 is 1. The van der Waals surface area contributed by atoms with E-state index < -0.39 is 5.97 Å². The Hall–Kier alpha value is -3.55. The molecule has 1 saturated heterocycles. The average Bonchev–Trinajstić information content (AvgIpc) is 2.83. The lowest BCUT2D eigenvalue weighted by Gasteiger charge is -2.32. The van der Waals surface area contributed by atoms with Crippen molar-refractivity contribution in [2.24, 2.45) is 0 Å². The van der Waals surface area contributed by atoms with E-state index in [0.717, 1.165) is 5.56 Å². The minimum absolute atomic E-state index is 0.00990. The molecule has 1 fully saturated rings. The second kappa shape index (κ2) is 12.1. The van der Waals surface area contributed by atoms with E-state index in [0.29, 0.717) is 68.2 Å². The van der Waals surface area contributed by atoms with Gasteiger partial charge in [0.05, 0.1) is 13.7 Å². The van der Waals surface area contributed by atoms with Crippen LogP contribution in [-0.2, 0) is 16.0 Å². The van der Waals surface area contributed by atoms with E-state index in [9.17, 15) is 14.4 Å². The number of carbonyl (C=O) groups is 3. The number of rotatable bonds is 9. The standard InChI is InChI=1S/C26H32N2O6/c1-4-33-23-10-8-19(16-24(23)32-3)9-11-25(30)28-14-12-21(13-15-28)27-26(31)20-6-5-7-22(17-20)34-18(2)29/h5-8,10,16-17,21H,4,9,11-15H2,1-3H3,(H,27,31). The highest BCUT2D eigenvalue weighted by atomic mass is 16.5. The predicted octanol–water partition coefficient (Wildman–Crippen LogP) is 3.37. The quantitative estimate of drug-likeness (QED) is 0.448. The van der Waals surface area contributed by atoms with Crippen molar-refractivity contribution in [2.45, 2.75) is 45.6 Å². The molecule has 0 aromatic heterocycles. The minimum atomic E-state index is -0.434. The SMILES string of the molecule is CCOc1ccc(CCC(=O)N2CCC(NC(=O)c3cccc(OC(C)=O)c3)CC2)cc1OC. The number of piperidine rings is 1. The van der Waals surface area contributed by atoms with Crippen LogP contribution in [0, 0.1) is 0 Å². The van der Waals surface area contributed by atoms with Gasteiger partial charge in [-0.1, -0.05) is 12.1 Å². The molecule has 8 heteroatoms. The first kappa shape index (κ1) is 25.1. The van der Waals surface area contributed by atoms with Gasteiger partial charge in [0.15, 0.2) is 11.5 Å². The highest BCUT2D eigenvalue weighted by molar-refractivity contribution is 5.95. The Morgan fingerprint density at radius 1 is 1.06 bits per heavy atom. The summed E-state index contributed by atoms with van der Waals surface area (Å²) in [7, 11) is 1.60. The Morgan fingerprint density at radius 2 is 1.82 bits per heavy atom.